The van der Waals surface area contributed by atoms with Gasteiger partial charge >= 0.3 is 56.4 Å². The number of hydrogen-bond acceptors (Lipinski definition) is 31. The van der Waals surface area contributed by atoms with Crippen LogP contribution in [0.1, 0.15) is 175 Å². The molecule has 17 rings (SSSR count). The first kappa shape index (κ1) is 103. The van der Waals surface area contributed by atoms with Gasteiger partial charge in [-0.25, -0.2) is 28.9 Å². The second-order valence-corrected chi connectivity index (χ2v) is 42.2. The molecule has 5 aromatic carbocycles. The van der Waals surface area contributed by atoms with Gasteiger partial charge in [0, 0.05) is 132 Å². The number of anilines is 4. The number of fused-ring (bicyclic) bond motifs is 19. The maximum Gasteiger partial charge on any atom is 1.00 e. The van der Waals surface area contributed by atoms with Crippen molar-refractivity contribution in [1.82, 2.24) is 40.5 Å². The van der Waals surface area contributed by atoms with Crippen LogP contribution in [0.3, 0.4) is 0 Å². The molecule has 4 amide bonds. The van der Waals surface area contributed by atoms with Crippen LogP contribution >= 0.6 is 56.7 Å². The number of benzene rings is 5. The van der Waals surface area contributed by atoms with E-state index >= 15 is 0 Å². The standard InChI is InChI=1S/C22H27N3O4S.C21H23N3O3S.C16H15N3OS.2C14H12N2O2S.C10H20O5S.Li/c1-12-7-8-14-15(24-12)9-10-16-17(14)18(19(30-16)20(26)28-6)23-11-13(2)25-21(27)29-22(3,4)5;1-11-6-7-13-14(23-11)8-9-15-16(13)17-18(28-15)19(25)24(12(2)10-22-17)20(26)27-21(3,4)5;1-8-3-4-10-11(18-8)5-6-12-13(10)14-15(21-12)16(20)19-9(2)7-17-14;2*1-7-3-4-8-9(16-7)5-6-10-11(8)12(15)13(19-10)14(17)18-2;1-8(7-14-16(5,12)13)6-9(11)15-10(2,3)4;/h7-10,13,23H,11H2,1-6H3,(H,25,27);6-9,12,22H,10H2,1-5H3;3-6,9,17H,7H2,1-2H3,(H,19,20);3-6H,1-2H3,(H2,15,17);3-6H,15H2,1-2H3;8H,6-7H2,1-5H3;/q;;;;;;+1/t13-;12-;9-;;;8-;/m000..1./s1. The minimum absolute atomic E-state index is 0. The number of carbonyl (C=O) groups is 8. The molecule has 30 nitrogen and oxygen atoms in total. The number of nitrogens with two attached hydrogens (primary N) is 1. The number of aryl methyl sites for hydroxylation is 5. The van der Waals surface area contributed by atoms with E-state index in [4.69, 9.17) is 39.9 Å². The maximum atomic E-state index is 13.3. The third-order valence-corrected chi connectivity index (χ3v) is 26.8. The Hall–Kier alpha value is -12.0. The molecule has 8 N–H and O–H groups in total. The topological polar surface area (TPSA) is 413 Å². The molecule has 10 aromatic heterocycles. The van der Waals surface area contributed by atoms with Gasteiger partial charge in [-0.2, -0.15) is 8.42 Å². The number of rotatable bonds is 12. The average Bonchev–Trinajstić information content (AvgIpc) is 1.60. The van der Waals surface area contributed by atoms with Crippen LogP contribution in [0.5, 0.6) is 0 Å². The Balaban J connectivity index is 0.000000169. The normalized spacial score (nSPS) is 14.2. The summed E-state index contributed by atoms with van der Waals surface area (Å²) in [6, 6.07) is 39.1. The Kier molecular flexibility index (Phi) is 32.4. The largest absolute Gasteiger partial charge is 1.00 e. The first-order chi connectivity index (χ1) is 62.6. The molecule has 134 heavy (non-hydrogen) atoms. The molecule has 0 fully saturated rings. The van der Waals surface area contributed by atoms with Crippen molar-refractivity contribution < 1.29 is 99.7 Å². The number of carbonyl (C=O) groups excluding carboxylic acids is 8. The Bertz CT molecular complexity index is 7060. The first-order valence-corrected chi connectivity index (χ1v) is 48.5. The number of nitrogen functional groups attached to an aromatic ring is 1. The number of pyridine rings is 5. The summed E-state index contributed by atoms with van der Waals surface area (Å²) in [5, 5.41) is 25.6. The van der Waals surface area contributed by atoms with Gasteiger partial charge in [-0.15, -0.1) is 62.4 Å². The predicted octanol–water partition coefficient (Wildman–Crippen LogP) is 18.9. The van der Waals surface area contributed by atoms with Gasteiger partial charge in [0.1, 0.15) is 36.3 Å². The van der Waals surface area contributed by atoms with E-state index in [1.165, 1.54) is 82.9 Å². The van der Waals surface area contributed by atoms with Crippen molar-refractivity contribution in [1.29, 1.82) is 0 Å². The van der Waals surface area contributed by atoms with Gasteiger partial charge in [-0.1, -0.05) is 37.3 Å². The van der Waals surface area contributed by atoms with Crippen LogP contribution in [0.15, 0.2) is 121 Å². The molecule has 15 aromatic rings. The molecule has 0 spiro atoms. The molecule has 0 saturated heterocycles. The average molecular weight is 1930 g/mol. The van der Waals surface area contributed by atoms with Crippen molar-refractivity contribution >= 4 is 248 Å². The van der Waals surface area contributed by atoms with Gasteiger partial charge in [0.05, 0.1) is 102 Å². The fourth-order valence-electron chi connectivity index (χ4n) is 14.7. The van der Waals surface area contributed by atoms with Crippen molar-refractivity contribution in [2.24, 2.45) is 5.92 Å². The third kappa shape index (κ3) is 24.4. The fraction of sp³-hybridized carbons (Fsp3) is 0.351. The van der Waals surface area contributed by atoms with E-state index in [0.29, 0.717) is 44.0 Å². The van der Waals surface area contributed by atoms with Crippen molar-refractivity contribution in [2.45, 2.75) is 166 Å². The summed E-state index contributed by atoms with van der Waals surface area (Å²) in [6.07, 6.45) is 0.0320. The van der Waals surface area contributed by atoms with E-state index in [2.05, 4.69) is 67.8 Å². The molecule has 0 saturated carbocycles. The van der Waals surface area contributed by atoms with Crippen LogP contribution in [-0.2, 0) is 47.5 Å². The number of hydrogen-bond donors (Lipinski definition) is 6. The van der Waals surface area contributed by atoms with Crippen molar-refractivity contribution in [3.8, 4) is 0 Å². The van der Waals surface area contributed by atoms with Crippen LogP contribution in [0, 0.1) is 40.5 Å². The van der Waals surface area contributed by atoms with Gasteiger partial charge in [0.15, 0.2) is 0 Å². The second-order valence-electron chi connectivity index (χ2n) is 35.3. The first-order valence-electron chi connectivity index (χ1n) is 42.6. The monoisotopic (exact) mass is 1930 g/mol. The van der Waals surface area contributed by atoms with Crippen molar-refractivity contribution in [3.05, 3.63) is 180 Å². The SMILES string of the molecule is COC(=O)c1sc2ccc3nc(C)ccc3c2c1N.COC(=O)c1sc2ccc3nc(C)ccc3c2c1NC[C@H](C)NC(=O)OC(C)(C)C.COC(=O)c1sc2ccc3nc(C)ccc3c2c1[NH-].C[C@@H](COS(C)(=O)=O)CC(=O)OC(C)(C)C.Cc1ccc2c(ccc3sc4c(c32)NC[C@H](C)N(C(=O)OC(C)(C)C)C4=O)n1.Cc1ccc2c(ccc3sc4c(c32)NC[C@H](C)NC4=O)n1.[H+].[Li+]. The van der Waals surface area contributed by atoms with Gasteiger partial charge in [0.2, 0.25) is 0 Å². The molecule has 0 bridgehead atoms. The van der Waals surface area contributed by atoms with Crippen molar-refractivity contribution in [2.75, 3.05) is 75.5 Å². The molecule has 0 radical (unpaired) electrons. The quantitative estimate of drug-likeness (QED) is 0.0286. The summed E-state index contributed by atoms with van der Waals surface area (Å²) in [5.74, 6) is -2.11. The van der Waals surface area contributed by atoms with Crippen LogP contribution in [0.2, 0.25) is 0 Å². The molecule has 4 atom stereocenters. The summed E-state index contributed by atoms with van der Waals surface area (Å²) in [7, 11) is 0.610. The summed E-state index contributed by atoms with van der Waals surface area (Å²) in [4.78, 5) is 124. The smallest absolute Gasteiger partial charge is 0.697 e. The zero-order chi connectivity index (χ0) is 96.9. The number of alkyl carbamates (subject to hydrolysis) is 1. The minimum atomic E-state index is -3.44. The molecular weight excluding hydrogens is 1820 g/mol. The molecule has 2 aliphatic heterocycles. The maximum absolute atomic E-state index is 13.3. The van der Waals surface area contributed by atoms with Crippen molar-refractivity contribution in [3.63, 3.8) is 0 Å². The third-order valence-electron chi connectivity index (χ3n) is 20.5. The van der Waals surface area contributed by atoms with Crippen LogP contribution < -0.4 is 51.2 Å². The molecule has 2 aliphatic rings. The van der Waals surface area contributed by atoms with Gasteiger partial charge in [0.25, 0.3) is 21.9 Å². The van der Waals surface area contributed by atoms with E-state index in [-0.39, 0.29) is 80.8 Å². The fourth-order valence-corrected chi connectivity index (χ4v) is 20.6. The van der Waals surface area contributed by atoms with Gasteiger partial charge in [-0.05, 0) is 220 Å². The number of ether oxygens (including phenoxy) is 6. The number of nitrogens with zero attached hydrogens (tertiary/aromatic N) is 6. The number of esters is 4. The number of methoxy groups -OCH3 is 3. The van der Waals surface area contributed by atoms with Crippen LogP contribution in [0.25, 0.3) is 111 Å². The van der Waals surface area contributed by atoms with Gasteiger partial charge < -0.3 is 66.5 Å². The van der Waals surface area contributed by atoms with E-state index < -0.39 is 57.0 Å². The zero-order valence-electron chi connectivity index (χ0n) is 80.0. The summed E-state index contributed by atoms with van der Waals surface area (Å²) >= 11 is 6.94. The number of thiophene rings is 5. The van der Waals surface area contributed by atoms with Crippen LogP contribution in [0.4, 0.5) is 38.0 Å². The van der Waals surface area contributed by atoms with E-state index in [1.54, 1.807) is 48.5 Å². The molecular formula is C97H109LiN13O17S6+. The Morgan fingerprint density at radius 3 is 1.36 bits per heavy atom. The Morgan fingerprint density at radius 2 is 0.903 bits per heavy atom. The summed E-state index contributed by atoms with van der Waals surface area (Å²) < 4.78 is 61.3. The van der Waals surface area contributed by atoms with Gasteiger partial charge in [-0.3, -0.25) is 43.5 Å². The number of nitrogens with one attached hydrogen (secondary N) is 6. The predicted molar refractivity (Wildman–Crippen MR) is 536 cm³/mol. The van der Waals surface area contributed by atoms with E-state index in [0.717, 1.165) is 162 Å². The minimum Gasteiger partial charge on any atom is -0.697 e. The number of amides is 4. The zero-order valence-corrected chi connectivity index (χ0v) is 83.9. The number of imide groups is 1. The Morgan fingerprint density at radius 1 is 0.522 bits per heavy atom. The van der Waals surface area contributed by atoms with E-state index in [1.807, 2.05) is 185 Å². The van der Waals surface area contributed by atoms with Crippen LogP contribution in [-0.4, -0.2) is 175 Å². The number of aromatic nitrogens is 5. The molecule has 37 heteroatoms. The molecule has 700 valence electrons. The molecule has 0 aliphatic carbocycles. The summed E-state index contributed by atoms with van der Waals surface area (Å²) in [6.45, 7) is 35.0. The molecule has 0 unspecified atom stereocenters. The van der Waals surface area contributed by atoms with E-state index in [9.17, 15) is 46.8 Å². The summed E-state index contributed by atoms with van der Waals surface area (Å²) in [5.41, 5.74) is 24.9. The Labute approximate surface area is 809 Å². The second kappa shape index (κ2) is 42.3. The molecule has 12 heterocycles.